The van der Waals surface area contributed by atoms with Crippen LogP contribution in [0.2, 0.25) is 0 Å². The van der Waals surface area contributed by atoms with Crippen molar-refractivity contribution >= 4 is 21.6 Å². The number of aromatic nitrogens is 1. The molecule has 13 heavy (non-hydrogen) atoms. The van der Waals surface area contributed by atoms with Crippen molar-refractivity contribution in [2.24, 2.45) is 5.92 Å². The van der Waals surface area contributed by atoms with Gasteiger partial charge in [0.1, 0.15) is 0 Å². The highest BCUT2D eigenvalue weighted by atomic mass is 32.1. The number of hydrogen-bond acceptors (Lipinski definition) is 2. The quantitative estimate of drug-likeness (QED) is 0.708. The van der Waals surface area contributed by atoms with Crippen molar-refractivity contribution in [3.05, 3.63) is 29.3 Å². The number of rotatable bonds is 2. The van der Waals surface area contributed by atoms with Gasteiger partial charge < -0.3 is 0 Å². The van der Waals surface area contributed by atoms with Gasteiger partial charge in [-0.1, -0.05) is 26.0 Å². The number of hydrogen-bond donors (Lipinski definition) is 0. The van der Waals surface area contributed by atoms with Crippen LogP contribution in [0.3, 0.4) is 0 Å². The smallest absolute Gasteiger partial charge is 0.0814 e. The summed E-state index contributed by atoms with van der Waals surface area (Å²) in [5.41, 5.74) is 4.51. The van der Waals surface area contributed by atoms with E-state index in [1.54, 1.807) is 11.3 Å². The molecule has 68 valence electrons. The molecule has 0 atom stereocenters. The third-order valence-corrected chi connectivity index (χ3v) is 2.98. The summed E-state index contributed by atoms with van der Waals surface area (Å²) in [6.07, 6.45) is 1.15. The Hall–Kier alpha value is -0.890. The SMILES string of the molecule is CC(C)Cc1cccc2ncsc12. The van der Waals surface area contributed by atoms with Crippen molar-refractivity contribution in [3.8, 4) is 0 Å². The lowest BCUT2D eigenvalue weighted by molar-refractivity contribution is 0.650. The first-order chi connectivity index (χ1) is 6.27. The highest BCUT2D eigenvalue weighted by Gasteiger charge is 2.04. The zero-order valence-electron chi connectivity index (χ0n) is 7.95. The fraction of sp³-hybridized carbons (Fsp3) is 0.364. The van der Waals surface area contributed by atoms with E-state index < -0.39 is 0 Å². The maximum atomic E-state index is 4.31. The Morgan fingerprint density at radius 2 is 2.23 bits per heavy atom. The Bertz CT molecular complexity index is 403. The van der Waals surface area contributed by atoms with Gasteiger partial charge >= 0.3 is 0 Å². The first-order valence-corrected chi connectivity index (χ1v) is 5.46. The monoisotopic (exact) mass is 191 g/mol. The van der Waals surface area contributed by atoms with Gasteiger partial charge in [-0.2, -0.15) is 0 Å². The summed E-state index contributed by atoms with van der Waals surface area (Å²) in [5, 5.41) is 0. The number of fused-ring (bicyclic) bond motifs is 1. The molecule has 0 N–H and O–H groups in total. The average molecular weight is 191 g/mol. The minimum absolute atomic E-state index is 0.715. The molecule has 0 amide bonds. The molecule has 0 aliphatic carbocycles. The van der Waals surface area contributed by atoms with Gasteiger partial charge in [0.2, 0.25) is 0 Å². The van der Waals surface area contributed by atoms with E-state index in [1.807, 2.05) is 5.51 Å². The molecule has 2 rings (SSSR count). The first-order valence-electron chi connectivity index (χ1n) is 4.58. The summed E-state index contributed by atoms with van der Waals surface area (Å²) >= 11 is 1.74. The van der Waals surface area contributed by atoms with Crippen LogP contribution in [0.4, 0.5) is 0 Å². The summed E-state index contributed by atoms with van der Waals surface area (Å²) in [6.45, 7) is 4.50. The fourth-order valence-corrected chi connectivity index (χ4v) is 2.36. The molecule has 0 aliphatic heterocycles. The van der Waals surface area contributed by atoms with Crippen LogP contribution in [-0.4, -0.2) is 4.98 Å². The molecule has 0 saturated carbocycles. The van der Waals surface area contributed by atoms with Crippen LogP contribution >= 0.6 is 11.3 Å². The predicted octanol–water partition coefficient (Wildman–Crippen LogP) is 3.49. The Balaban J connectivity index is 2.48. The van der Waals surface area contributed by atoms with E-state index in [9.17, 15) is 0 Å². The molecule has 1 aromatic carbocycles. The van der Waals surface area contributed by atoms with Crippen molar-refractivity contribution in [1.82, 2.24) is 4.98 Å². The Labute approximate surface area is 82.4 Å². The van der Waals surface area contributed by atoms with Gasteiger partial charge in [-0.15, -0.1) is 11.3 Å². The van der Waals surface area contributed by atoms with Gasteiger partial charge in [0.15, 0.2) is 0 Å². The highest BCUT2D eigenvalue weighted by molar-refractivity contribution is 7.16. The second kappa shape index (κ2) is 3.46. The van der Waals surface area contributed by atoms with Gasteiger partial charge in [0, 0.05) is 0 Å². The minimum Gasteiger partial charge on any atom is -0.245 e. The summed E-state index contributed by atoms with van der Waals surface area (Å²) in [4.78, 5) is 4.31. The maximum Gasteiger partial charge on any atom is 0.0814 e. The van der Waals surface area contributed by atoms with Crippen molar-refractivity contribution in [3.63, 3.8) is 0 Å². The second-order valence-electron chi connectivity index (χ2n) is 3.72. The van der Waals surface area contributed by atoms with Crippen molar-refractivity contribution < 1.29 is 0 Å². The van der Waals surface area contributed by atoms with E-state index in [4.69, 9.17) is 0 Å². The normalized spacial score (nSPS) is 11.3. The van der Waals surface area contributed by atoms with Crippen LogP contribution < -0.4 is 0 Å². The number of benzene rings is 1. The van der Waals surface area contributed by atoms with E-state index in [1.165, 1.54) is 10.3 Å². The largest absolute Gasteiger partial charge is 0.245 e. The van der Waals surface area contributed by atoms with Gasteiger partial charge in [0.25, 0.3) is 0 Å². The topological polar surface area (TPSA) is 12.9 Å². The predicted molar refractivity (Wildman–Crippen MR) is 58.2 cm³/mol. The molecule has 0 spiro atoms. The maximum absolute atomic E-state index is 4.31. The average Bonchev–Trinajstić information content (AvgIpc) is 2.51. The third kappa shape index (κ3) is 1.73. The molecule has 1 aromatic heterocycles. The van der Waals surface area contributed by atoms with E-state index >= 15 is 0 Å². The van der Waals surface area contributed by atoms with Crippen LogP contribution in [0.15, 0.2) is 23.7 Å². The zero-order valence-corrected chi connectivity index (χ0v) is 8.77. The molecule has 0 radical (unpaired) electrons. The molecule has 2 heteroatoms. The van der Waals surface area contributed by atoms with Crippen LogP contribution in [0.1, 0.15) is 19.4 Å². The Morgan fingerprint density at radius 1 is 1.38 bits per heavy atom. The number of nitrogens with zero attached hydrogens (tertiary/aromatic N) is 1. The van der Waals surface area contributed by atoms with E-state index in [0.29, 0.717) is 5.92 Å². The third-order valence-electron chi connectivity index (χ3n) is 2.07. The number of thiazole rings is 1. The van der Waals surface area contributed by atoms with E-state index in [-0.39, 0.29) is 0 Å². The van der Waals surface area contributed by atoms with Crippen LogP contribution in [0.25, 0.3) is 10.2 Å². The van der Waals surface area contributed by atoms with Gasteiger partial charge in [-0.3, -0.25) is 0 Å². The van der Waals surface area contributed by atoms with E-state index in [0.717, 1.165) is 11.9 Å². The van der Waals surface area contributed by atoms with Crippen LogP contribution in [0.5, 0.6) is 0 Å². The summed E-state index contributed by atoms with van der Waals surface area (Å²) in [7, 11) is 0. The second-order valence-corrected chi connectivity index (χ2v) is 4.57. The molecule has 1 heterocycles. The van der Waals surface area contributed by atoms with Crippen molar-refractivity contribution in [2.75, 3.05) is 0 Å². The molecule has 0 bridgehead atoms. The molecule has 0 saturated heterocycles. The summed E-state index contributed by atoms with van der Waals surface area (Å²) < 4.78 is 1.36. The molecular weight excluding hydrogens is 178 g/mol. The molecule has 0 aliphatic rings. The van der Waals surface area contributed by atoms with Gasteiger partial charge in [-0.05, 0) is 24.0 Å². The Morgan fingerprint density at radius 3 is 3.00 bits per heavy atom. The first kappa shape index (κ1) is 8.70. The minimum atomic E-state index is 0.715. The molecule has 1 nitrogen and oxygen atoms in total. The molecule has 0 unspecified atom stereocenters. The van der Waals surface area contributed by atoms with Crippen molar-refractivity contribution in [1.29, 1.82) is 0 Å². The summed E-state index contributed by atoms with van der Waals surface area (Å²) in [5.74, 6) is 0.715. The fourth-order valence-electron chi connectivity index (χ4n) is 1.55. The van der Waals surface area contributed by atoms with Gasteiger partial charge in [0.05, 0.1) is 15.7 Å². The van der Waals surface area contributed by atoms with Crippen molar-refractivity contribution in [2.45, 2.75) is 20.3 Å². The van der Waals surface area contributed by atoms with Crippen LogP contribution in [-0.2, 0) is 6.42 Å². The molecule has 2 aromatic rings. The standard InChI is InChI=1S/C11H13NS/c1-8(2)6-9-4-3-5-10-11(9)13-7-12-10/h3-5,7-8H,6H2,1-2H3. The zero-order chi connectivity index (χ0) is 9.26. The molecule has 0 fully saturated rings. The van der Waals surface area contributed by atoms with Crippen LogP contribution in [0, 0.1) is 5.92 Å². The lowest BCUT2D eigenvalue weighted by Gasteiger charge is -2.04. The van der Waals surface area contributed by atoms with Gasteiger partial charge in [-0.25, -0.2) is 4.98 Å². The highest BCUT2D eigenvalue weighted by Crippen LogP contribution is 2.24. The lowest BCUT2D eigenvalue weighted by Crippen LogP contribution is -1.93. The molecular formula is C11H13NS. The Kier molecular flexibility index (Phi) is 2.32. The lowest BCUT2D eigenvalue weighted by atomic mass is 10.0. The summed E-state index contributed by atoms with van der Waals surface area (Å²) in [6, 6.07) is 6.38. The van der Waals surface area contributed by atoms with E-state index in [2.05, 4.69) is 37.0 Å².